The summed E-state index contributed by atoms with van der Waals surface area (Å²) in [4.78, 5) is 4.01. The molecular formula is C17H26N2S. The predicted octanol–water partition coefficient (Wildman–Crippen LogP) is 3.88. The Morgan fingerprint density at radius 1 is 1.15 bits per heavy atom. The van der Waals surface area contributed by atoms with Gasteiger partial charge in [0.05, 0.1) is 0 Å². The largest absolute Gasteiger partial charge is 0.371 e. The van der Waals surface area contributed by atoms with Crippen molar-refractivity contribution < 1.29 is 0 Å². The van der Waals surface area contributed by atoms with Crippen molar-refractivity contribution in [3.8, 4) is 0 Å². The zero-order valence-corrected chi connectivity index (χ0v) is 13.3. The smallest absolute Gasteiger partial charge is 0.0423 e. The first kappa shape index (κ1) is 14.3. The lowest BCUT2D eigenvalue weighted by Gasteiger charge is -2.28. The molecular weight excluding hydrogens is 264 g/mol. The van der Waals surface area contributed by atoms with Crippen LogP contribution in [0.3, 0.4) is 0 Å². The van der Waals surface area contributed by atoms with Gasteiger partial charge in [-0.15, -0.1) is 11.8 Å². The molecule has 0 aliphatic heterocycles. The lowest BCUT2D eigenvalue weighted by Crippen LogP contribution is -2.29. The quantitative estimate of drug-likeness (QED) is 0.737. The van der Waals surface area contributed by atoms with E-state index in [9.17, 15) is 0 Å². The molecule has 2 saturated carbocycles. The molecule has 3 rings (SSSR count). The summed E-state index contributed by atoms with van der Waals surface area (Å²) in [7, 11) is 0. The summed E-state index contributed by atoms with van der Waals surface area (Å²) in [6.45, 7) is 5.35. The molecule has 0 heterocycles. The van der Waals surface area contributed by atoms with Gasteiger partial charge in [0, 0.05) is 35.8 Å². The molecule has 0 unspecified atom stereocenters. The number of benzene rings is 1. The molecule has 1 aromatic rings. The van der Waals surface area contributed by atoms with Crippen LogP contribution in [0.4, 0.5) is 5.69 Å². The van der Waals surface area contributed by atoms with Crippen molar-refractivity contribution in [2.45, 2.75) is 44.0 Å². The fourth-order valence-electron chi connectivity index (χ4n) is 2.84. The van der Waals surface area contributed by atoms with E-state index >= 15 is 0 Å². The van der Waals surface area contributed by atoms with E-state index in [4.69, 9.17) is 5.73 Å². The fraction of sp³-hybridized carbons (Fsp3) is 0.647. The Bertz CT molecular complexity index is 438. The molecule has 2 fully saturated rings. The van der Waals surface area contributed by atoms with E-state index in [1.807, 2.05) is 11.8 Å². The van der Waals surface area contributed by atoms with Gasteiger partial charge in [0.2, 0.25) is 0 Å². The molecule has 110 valence electrons. The highest BCUT2D eigenvalue weighted by Crippen LogP contribution is 2.38. The van der Waals surface area contributed by atoms with Crippen LogP contribution in [0.1, 0.15) is 38.2 Å². The van der Waals surface area contributed by atoms with E-state index in [0.29, 0.717) is 6.54 Å². The Kier molecular flexibility index (Phi) is 4.57. The first-order valence-electron chi connectivity index (χ1n) is 8.01. The molecule has 0 saturated heterocycles. The Labute approximate surface area is 127 Å². The maximum absolute atomic E-state index is 6.07. The third-order valence-corrected chi connectivity index (χ3v) is 5.29. The van der Waals surface area contributed by atoms with Gasteiger partial charge in [0.1, 0.15) is 0 Å². The summed E-state index contributed by atoms with van der Waals surface area (Å²) >= 11 is 1.92. The Balaban J connectivity index is 1.84. The molecule has 2 nitrogen and oxygen atoms in total. The molecule has 2 aliphatic rings. The maximum Gasteiger partial charge on any atom is 0.0423 e. The van der Waals surface area contributed by atoms with Gasteiger partial charge in [0.15, 0.2) is 0 Å². The van der Waals surface area contributed by atoms with Crippen molar-refractivity contribution >= 4 is 17.4 Å². The van der Waals surface area contributed by atoms with E-state index < -0.39 is 0 Å². The third-order valence-electron chi connectivity index (χ3n) is 4.30. The second kappa shape index (κ2) is 6.40. The van der Waals surface area contributed by atoms with Crippen LogP contribution < -0.4 is 10.6 Å². The molecule has 0 bridgehead atoms. The number of anilines is 1. The van der Waals surface area contributed by atoms with Crippen molar-refractivity contribution in [3.05, 3.63) is 23.8 Å². The van der Waals surface area contributed by atoms with Crippen molar-refractivity contribution in [3.63, 3.8) is 0 Å². The Morgan fingerprint density at radius 2 is 1.80 bits per heavy atom. The Hall–Kier alpha value is -0.670. The number of nitrogens with zero attached hydrogens (tertiary/aromatic N) is 1. The molecule has 0 spiro atoms. The maximum atomic E-state index is 6.07. The van der Waals surface area contributed by atoms with Gasteiger partial charge in [-0.2, -0.15) is 0 Å². The van der Waals surface area contributed by atoms with Crippen LogP contribution in [0.25, 0.3) is 0 Å². The average Bonchev–Trinajstić information content (AvgIpc) is 3.33. The van der Waals surface area contributed by atoms with Gasteiger partial charge in [-0.1, -0.05) is 13.0 Å². The zero-order valence-electron chi connectivity index (χ0n) is 12.5. The molecule has 0 radical (unpaired) electrons. The summed E-state index contributed by atoms with van der Waals surface area (Å²) in [5.41, 5.74) is 8.84. The van der Waals surface area contributed by atoms with E-state index in [0.717, 1.165) is 17.6 Å². The standard InChI is InChI=1S/C17H26N2S/c1-2-20-17-5-3-4-16(15(17)10-18)19(11-13-6-7-13)12-14-8-9-14/h3-5,13-14H,2,6-12,18H2,1H3. The van der Waals surface area contributed by atoms with Gasteiger partial charge < -0.3 is 10.6 Å². The molecule has 3 heteroatoms. The van der Waals surface area contributed by atoms with Gasteiger partial charge >= 0.3 is 0 Å². The van der Waals surface area contributed by atoms with Crippen LogP contribution in [0.2, 0.25) is 0 Å². The molecule has 1 aromatic carbocycles. The first-order chi connectivity index (χ1) is 9.81. The third kappa shape index (κ3) is 3.50. The summed E-state index contributed by atoms with van der Waals surface area (Å²) in [6, 6.07) is 6.72. The number of hydrogen-bond donors (Lipinski definition) is 1. The number of hydrogen-bond acceptors (Lipinski definition) is 3. The van der Waals surface area contributed by atoms with Crippen LogP contribution in [-0.4, -0.2) is 18.8 Å². The SMILES string of the molecule is CCSc1cccc(N(CC2CC2)CC2CC2)c1CN. The van der Waals surface area contributed by atoms with E-state index in [1.54, 1.807) is 0 Å². The lowest BCUT2D eigenvalue weighted by atomic mass is 10.1. The monoisotopic (exact) mass is 290 g/mol. The van der Waals surface area contributed by atoms with Crippen LogP contribution >= 0.6 is 11.8 Å². The minimum Gasteiger partial charge on any atom is -0.371 e. The normalized spacial score (nSPS) is 18.3. The zero-order chi connectivity index (χ0) is 13.9. The van der Waals surface area contributed by atoms with E-state index in [1.165, 1.54) is 54.9 Å². The van der Waals surface area contributed by atoms with Gasteiger partial charge in [-0.05, 0) is 55.4 Å². The van der Waals surface area contributed by atoms with Gasteiger partial charge in [0.25, 0.3) is 0 Å². The van der Waals surface area contributed by atoms with Crippen molar-refractivity contribution in [2.75, 3.05) is 23.7 Å². The minimum atomic E-state index is 0.657. The summed E-state index contributed by atoms with van der Waals surface area (Å²) in [6.07, 6.45) is 5.68. The predicted molar refractivity (Wildman–Crippen MR) is 88.4 cm³/mol. The van der Waals surface area contributed by atoms with Crippen LogP contribution in [-0.2, 0) is 6.54 Å². The highest BCUT2D eigenvalue weighted by atomic mass is 32.2. The van der Waals surface area contributed by atoms with Gasteiger partial charge in [-0.25, -0.2) is 0 Å². The van der Waals surface area contributed by atoms with Crippen molar-refractivity contribution in [1.29, 1.82) is 0 Å². The van der Waals surface area contributed by atoms with E-state index in [2.05, 4.69) is 30.0 Å². The summed E-state index contributed by atoms with van der Waals surface area (Å²) in [5.74, 6) is 2.98. The second-order valence-corrected chi connectivity index (χ2v) is 7.49. The second-order valence-electron chi connectivity index (χ2n) is 6.18. The van der Waals surface area contributed by atoms with Gasteiger partial charge in [-0.3, -0.25) is 0 Å². The molecule has 20 heavy (non-hydrogen) atoms. The fourth-order valence-corrected chi connectivity index (χ4v) is 3.69. The first-order valence-corrected chi connectivity index (χ1v) is 9.00. The lowest BCUT2D eigenvalue weighted by molar-refractivity contribution is 0.675. The summed E-state index contributed by atoms with van der Waals surface area (Å²) in [5, 5.41) is 0. The van der Waals surface area contributed by atoms with E-state index in [-0.39, 0.29) is 0 Å². The topological polar surface area (TPSA) is 29.3 Å². The molecule has 0 atom stereocenters. The highest BCUT2D eigenvalue weighted by Gasteiger charge is 2.30. The molecule has 2 N–H and O–H groups in total. The highest BCUT2D eigenvalue weighted by molar-refractivity contribution is 7.99. The Morgan fingerprint density at radius 3 is 2.30 bits per heavy atom. The van der Waals surface area contributed by atoms with Crippen LogP contribution in [0, 0.1) is 11.8 Å². The molecule has 0 aromatic heterocycles. The van der Waals surface area contributed by atoms with Crippen molar-refractivity contribution in [2.24, 2.45) is 17.6 Å². The number of nitrogens with two attached hydrogens (primary N) is 1. The van der Waals surface area contributed by atoms with Crippen LogP contribution in [0.5, 0.6) is 0 Å². The number of rotatable bonds is 8. The van der Waals surface area contributed by atoms with Crippen LogP contribution in [0.15, 0.2) is 23.1 Å². The average molecular weight is 290 g/mol. The summed E-state index contributed by atoms with van der Waals surface area (Å²) < 4.78 is 0. The minimum absolute atomic E-state index is 0.657. The molecule has 2 aliphatic carbocycles. The number of thioether (sulfide) groups is 1. The molecule has 0 amide bonds. The van der Waals surface area contributed by atoms with Crippen molar-refractivity contribution in [1.82, 2.24) is 0 Å².